The highest BCUT2D eigenvalue weighted by Crippen LogP contribution is 2.30. The van der Waals surface area contributed by atoms with Crippen molar-refractivity contribution < 1.29 is 18.4 Å². The molecule has 1 N–H and O–H groups in total. The van der Waals surface area contributed by atoms with Crippen LogP contribution in [0.15, 0.2) is 24.3 Å². The molecule has 1 aromatic heterocycles. The molecule has 6 nitrogen and oxygen atoms in total. The fraction of sp³-hybridized carbons (Fsp3) is 0.154. The average molecular weight is 295 g/mol. The Morgan fingerprint density at radius 2 is 2.00 bits per heavy atom. The van der Waals surface area contributed by atoms with Crippen molar-refractivity contribution in [2.45, 2.75) is 6.92 Å². The molecule has 0 spiro atoms. The lowest BCUT2D eigenvalue weighted by Gasteiger charge is -2.10. The summed E-state index contributed by atoms with van der Waals surface area (Å²) in [6.45, 7) is 1.57. The van der Waals surface area contributed by atoms with Gasteiger partial charge in [0.25, 0.3) is 11.6 Å². The first-order valence-corrected chi connectivity index (χ1v) is 5.89. The summed E-state index contributed by atoms with van der Waals surface area (Å²) in [7, 11) is 1.43. The van der Waals surface area contributed by atoms with E-state index in [4.69, 9.17) is 4.74 Å². The fourth-order valence-electron chi connectivity index (χ4n) is 1.66. The lowest BCUT2D eigenvalue weighted by Crippen LogP contribution is -2.01. The van der Waals surface area contributed by atoms with Gasteiger partial charge in [-0.3, -0.25) is 10.1 Å². The lowest BCUT2D eigenvalue weighted by atomic mass is 10.2. The molecule has 0 aliphatic rings. The van der Waals surface area contributed by atoms with Gasteiger partial charge in [-0.15, -0.1) is 0 Å². The highest BCUT2D eigenvalue weighted by Gasteiger charge is 2.15. The van der Waals surface area contributed by atoms with E-state index in [1.807, 2.05) is 0 Å². The molecule has 0 atom stereocenters. The van der Waals surface area contributed by atoms with Crippen LogP contribution in [0.5, 0.6) is 11.6 Å². The van der Waals surface area contributed by atoms with Gasteiger partial charge in [0, 0.05) is 25.2 Å². The number of ether oxygens (including phenoxy) is 1. The van der Waals surface area contributed by atoms with Gasteiger partial charge in [0.05, 0.1) is 4.92 Å². The van der Waals surface area contributed by atoms with E-state index in [0.29, 0.717) is 11.6 Å². The Balaban J connectivity index is 2.36. The Kier molecular flexibility index (Phi) is 3.97. The minimum absolute atomic E-state index is 0.108. The van der Waals surface area contributed by atoms with Crippen molar-refractivity contribution >= 4 is 11.5 Å². The van der Waals surface area contributed by atoms with Gasteiger partial charge < -0.3 is 10.1 Å². The predicted octanol–water partition coefficient (Wildman–Crippen LogP) is 3.41. The summed E-state index contributed by atoms with van der Waals surface area (Å²) in [6.07, 6.45) is 0. The number of rotatable bonds is 4. The molecule has 1 aromatic carbocycles. The van der Waals surface area contributed by atoms with Gasteiger partial charge in [-0.25, -0.2) is 8.78 Å². The SMILES string of the molecule is CNc1nc(Oc2ccc([N+](=O)[O-])cc2C)c(F)cc1F. The van der Waals surface area contributed by atoms with Crippen LogP contribution in [-0.4, -0.2) is 17.0 Å². The van der Waals surface area contributed by atoms with Crippen LogP contribution in [0, 0.1) is 28.7 Å². The Morgan fingerprint density at radius 3 is 2.57 bits per heavy atom. The van der Waals surface area contributed by atoms with Crippen LogP contribution in [0.25, 0.3) is 0 Å². The Bertz CT molecular complexity index is 707. The molecular weight excluding hydrogens is 284 g/mol. The molecule has 21 heavy (non-hydrogen) atoms. The summed E-state index contributed by atoms with van der Waals surface area (Å²) in [6, 6.07) is 4.49. The van der Waals surface area contributed by atoms with Gasteiger partial charge in [0.1, 0.15) is 5.75 Å². The Hall–Kier alpha value is -2.77. The third-order valence-corrected chi connectivity index (χ3v) is 2.71. The first kappa shape index (κ1) is 14.6. The number of nitrogens with zero attached hydrogens (tertiary/aromatic N) is 2. The average Bonchev–Trinajstić information content (AvgIpc) is 2.43. The summed E-state index contributed by atoms with van der Waals surface area (Å²) < 4.78 is 32.2. The monoisotopic (exact) mass is 295 g/mol. The molecule has 0 saturated heterocycles. The predicted molar refractivity (Wildman–Crippen MR) is 71.6 cm³/mol. The summed E-state index contributed by atoms with van der Waals surface area (Å²) in [5.74, 6) is -2.20. The molecule has 0 radical (unpaired) electrons. The number of pyridine rings is 1. The van der Waals surface area contributed by atoms with Crippen LogP contribution in [0.3, 0.4) is 0 Å². The number of hydrogen-bond donors (Lipinski definition) is 1. The molecule has 2 rings (SSSR count). The topological polar surface area (TPSA) is 77.3 Å². The number of aryl methyl sites for hydroxylation is 1. The van der Waals surface area contributed by atoms with E-state index in [0.717, 1.165) is 0 Å². The maximum absolute atomic E-state index is 13.6. The molecule has 0 unspecified atom stereocenters. The van der Waals surface area contributed by atoms with E-state index in [1.54, 1.807) is 6.92 Å². The molecule has 1 heterocycles. The number of anilines is 1. The third-order valence-electron chi connectivity index (χ3n) is 2.71. The van der Waals surface area contributed by atoms with E-state index in [1.165, 1.54) is 25.2 Å². The smallest absolute Gasteiger partial charge is 0.269 e. The molecular formula is C13H11F2N3O3. The van der Waals surface area contributed by atoms with Crippen molar-refractivity contribution in [2.75, 3.05) is 12.4 Å². The molecule has 0 fully saturated rings. The molecule has 0 bridgehead atoms. The minimum atomic E-state index is -0.968. The number of hydrogen-bond acceptors (Lipinski definition) is 5. The lowest BCUT2D eigenvalue weighted by molar-refractivity contribution is -0.384. The van der Waals surface area contributed by atoms with Gasteiger partial charge in [0.15, 0.2) is 17.5 Å². The van der Waals surface area contributed by atoms with Crippen LogP contribution < -0.4 is 10.1 Å². The maximum Gasteiger partial charge on any atom is 0.269 e. The van der Waals surface area contributed by atoms with Crippen molar-refractivity contribution in [3.8, 4) is 11.6 Å². The zero-order valence-electron chi connectivity index (χ0n) is 11.2. The van der Waals surface area contributed by atoms with Crippen LogP contribution >= 0.6 is 0 Å². The fourth-order valence-corrected chi connectivity index (χ4v) is 1.66. The maximum atomic E-state index is 13.6. The number of aromatic nitrogens is 1. The Labute approximate surface area is 118 Å². The Morgan fingerprint density at radius 1 is 1.29 bits per heavy atom. The molecule has 2 aromatic rings. The quantitative estimate of drug-likeness (QED) is 0.691. The van der Waals surface area contributed by atoms with E-state index < -0.39 is 22.4 Å². The highest BCUT2D eigenvalue weighted by atomic mass is 19.1. The number of nitro benzene ring substituents is 1. The summed E-state index contributed by atoms with van der Waals surface area (Å²) >= 11 is 0. The molecule has 0 amide bonds. The molecule has 0 aliphatic carbocycles. The normalized spacial score (nSPS) is 10.3. The van der Waals surface area contributed by atoms with E-state index in [-0.39, 0.29) is 17.3 Å². The first-order chi connectivity index (χ1) is 9.92. The summed E-state index contributed by atoms with van der Waals surface area (Å²) in [5.41, 5.74) is 0.323. The van der Waals surface area contributed by atoms with Crippen molar-refractivity contribution in [3.05, 3.63) is 51.6 Å². The van der Waals surface area contributed by atoms with Gasteiger partial charge >= 0.3 is 0 Å². The standard InChI is InChI=1S/C13H11F2N3O3/c1-7-5-8(18(19)20)3-4-11(7)21-13-10(15)6-9(14)12(16-2)17-13/h3-6H,1-2H3,(H,16,17). The van der Waals surface area contributed by atoms with Crippen molar-refractivity contribution in [1.29, 1.82) is 0 Å². The van der Waals surface area contributed by atoms with Crippen LogP contribution in [0.2, 0.25) is 0 Å². The van der Waals surface area contributed by atoms with E-state index in [9.17, 15) is 18.9 Å². The minimum Gasteiger partial charge on any atom is -0.436 e. The molecule has 8 heteroatoms. The third kappa shape index (κ3) is 3.04. The van der Waals surface area contributed by atoms with Crippen molar-refractivity contribution in [2.24, 2.45) is 0 Å². The van der Waals surface area contributed by atoms with Gasteiger partial charge in [0.2, 0.25) is 0 Å². The molecule has 110 valence electrons. The molecule has 0 aliphatic heterocycles. The van der Waals surface area contributed by atoms with E-state index >= 15 is 0 Å². The first-order valence-electron chi connectivity index (χ1n) is 5.89. The summed E-state index contributed by atoms with van der Waals surface area (Å²) in [5, 5.41) is 13.1. The van der Waals surface area contributed by atoms with Gasteiger partial charge in [-0.05, 0) is 18.6 Å². The highest BCUT2D eigenvalue weighted by molar-refractivity contribution is 5.45. The van der Waals surface area contributed by atoms with Crippen LogP contribution in [0.4, 0.5) is 20.3 Å². The second-order valence-electron chi connectivity index (χ2n) is 4.16. The number of halogens is 2. The van der Waals surface area contributed by atoms with Crippen LogP contribution in [-0.2, 0) is 0 Å². The van der Waals surface area contributed by atoms with Crippen molar-refractivity contribution in [1.82, 2.24) is 4.98 Å². The number of non-ortho nitro benzene ring substituents is 1. The van der Waals surface area contributed by atoms with Gasteiger partial charge in [-0.2, -0.15) is 4.98 Å². The van der Waals surface area contributed by atoms with Crippen LogP contribution in [0.1, 0.15) is 5.56 Å². The molecule has 0 saturated carbocycles. The zero-order chi connectivity index (χ0) is 15.6. The largest absolute Gasteiger partial charge is 0.436 e. The number of nitro groups is 1. The number of benzene rings is 1. The van der Waals surface area contributed by atoms with Crippen molar-refractivity contribution in [3.63, 3.8) is 0 Å². The van der Waals surface area contributed by atoms with Gasteiger partial charge in [-0.1, -0.05) is 0 Å². The second-order valence-corrected chi connectivity index (χ2v) is 4.16. The van der Waals surface area contributed by atoms with E-state index in [2.05, 4.69) is 10.3 Å². The number of nitrogens with one attached hydrogen (secondary N) is 1. The second kappa shape index (κ2) is 5.70. The zero-order valence-corrected chi connectivity index (χ0v) is 11.2. The summed E-state index contributed by atoms with van der Waals surface area (Å²) in [4.78, 5) is 13.8.